The van der Waals surface area contributed by atoms with E-state index in [1.165, 1.54) is 42.7 Å². The molecule has 0 bridgehead atoms. The third-order valence-corrected chi connectivity index (χ3v) is 3.76. The van der Waals surface area contributed by atoms with Crippen molar-refractivity contribution in [3.05, 3.63) is 89.9 Å². The van der Waals surface area contributed by atoms with E-state index < -0.39 is 17.8 Å². The van der Waals surface area contributed by atoms with E-state index in [4.69, 9.17) is 9.52 Å². The maximum atomic E-state index is 12.6. The van der Waals surface area contributed by atoms with Gasteiger partial charge >= 0.3 is 5.97 Å². The number of amides is 2. The lowest BCUT2D eigenvalue weighted by molar-refractivity contribution is -0.111. The quantitative estimate of drug-likeness (QED) is 0.566. The van der Waals surface area contributed by atoms with Crippen LogP contribution in [-0.2, 0) is 4.79 Å². The Morgan fingerprint density at radius 3 is 2.32 bits per heavy atom. The Hall–Kier alpha value is -4.13. The lowest BCUT2D eigenvalue weighted by atomic mass is 10.1. The summed E-state index contributed by atoms with van der Waals surface area (Å²) in [5, 5.41) is 14.3. The van der Waals surface area contributed by atoms with Gasteiger partial charge in [0.2, 0.25) is 5.91 Å². The van der Waals surface area contributed by atoms with E-state index in [-0.39, 0.29) is 11.1 Å². The van der Waals surface area contributed by atoms with Crippen molar-refractivity contribution >= 4 is 35.2 Å². The van der Waals surface area contributed by atoms with E-state index in [0.717, 1.165) is 0 Å². The van der Waals surface area contributed by atoms with Crippen molar-refractivity contribution in [3.8, 4) is 0 Å². The first-order valence-corrected chi connectivity index (χ1v) is 8.29. The highest BCUT2D eigenvalue weighted by Gasteiger charge is 2.13. The lowest BCUT2D eigenvalue weighted by Crippen LogP contribution is -2.17. The fraction of sp³-hybridized carbons (Fsp3) is 0. The van der Waals surface area contributed by atoms with Gasteiger partial charge in [0, 0.05) is 11.8 Å². The molecule has 0 radical (unpaired) electrons. The molecule has 0 fully saturated rings. The van der Waals surface area contributed by atoms with Crippen molar-refractivity contribution < 1.29 is 23.9 Å². The van der Waals surface area contributed by atoms with Gasteiger partial charge < -0.3 is 20.2 Å². The predicted octanol–water partition coefficient (Wildman–Crippen LogP) is 3.88. The van der Waals surface area contributed by atoms with Gasteiger partial charge in [0.05, 0.1) is 23.1 Å². The van der Waals surface area contributed by atoms with E-state index in [9.17, 15) is 14.4 Å². The molecule has 0 aliphatic carbocycles. The summed E-state index contributed by atoms with van der Waals surface area (Å²) in [4.78, 5) is 35.6. The summed E-state index contributed by atoms with van der Waals surface area (Å²) in [6.45, 7) is 0. The first-order chi connectivity index (χ1) is 13.5. The fourth-order valence-corrected chi connectivity index (χ4v) is 2.40. The van der Waals surface area contributed by atoms with Crippen molar-refractivity contribution in [1.29, 1.82) is 0 Å². The SMILES string of the molecule is O=C(C=Cc1ccco1)Nc1ccccc1C(=O)Nc1ccc(C(=O)O)cc1. The summed E-state index contributed by atoms with van der Waals surface area (Å²) in [5.74, 6) is -1.36. The van der Waals surface area contributed by atoms with Gasteiger partial charge in [0.1, 0.15) is 5.76 Å². The number of carboxylic acids is 1. The maximum Gasteiger partial charge on any atom is 0.335 e. The molecule has 28 heavy (non-hydrogen) atoms. The van der Waals surface area contributed by atoms with Crippen LogP contribution < -0.4 is 10.6 Å². The average molecular weight is 376 g/mol. The molecule has 7 nitrogen and oxygen atoms in total. The Kier molecular flexibility index (Phi) is 5.66. The highest BCUT2D eigenvalue weighted by Crippen LogP contribution is 2.18. The molecule has 2 aromatic carbocycles. The first-order valence-electron chi connectivity index (χ1n) is 8.29. The summed E-state index contributed by atoms with van der Waals surface area (Å²) < 4.78 is 5.12. The summed E-state index contributed by atoms with van der Waals surface area (Å²) in [7, 11) is 0. The van der Waals surface area contributed by atoms with Crippen LogP contribution in [0.25, 0.3) is 6.08 Å². The van der Waals surface area contributed by atoms with Crippen molar-refractivity contribution in [3.63, 3.8) is 0 Å². The third kappa shape index (κ3) is 4.73. The molecule has 3 N–H and O–H groups in total. The van der Waals surface area contributed by atoms with Crippen LogP contribution >= 0.6 is 0 Å². The zero-order chi connectivity index (χ0) is 19.9. The minimum absolute atomic E-state index is 0.119. The van der Waals surface area contributed by atoms with Gasteiger partial charge in [-0.1, -0.05) is 12.1 Å². The van der Waals surface area contributed by atoms with E-state index in [1.807, 2.05) is 0 Å². The number of aromatic carboxylic acids is 1. The molecule has 0 aliphatic heterocycles. The Balaban J connectivity index is 1.71. The van der Waals surface area contributed by atoms with Gasteiger partial charge in [-0.3, -0.25) is 9.59 Å². The fourth-order valence-electron chi connectivity index (χ4n) is 2.40. The van der Waals surface area contributed by atoms with Crippen molar-refractivity contribution in [1.82, 2.24) is 0 Å². The summed E-state index contributed by atoms with van der Waals surface area (Å²) in [6, 6.07) is 15.8. The molecule has 0 unspecified atom stereocenters. The molecule has 2 amide bonds. The topological polar surface area (TPSA) is 109 Å². The Bertz CT molecular complexity index is 1020. The number of rotatable bonds is 6. The maximum absolute atomic E-state index is 12.6. The van der Waals surface area contributed by atoms with E-state index in [0.29, 0.717) is 17.1 Å². The highest BCUT2D eigenvalue weighted by molar-refractivity contribution is 6.11. The minimum Gasteiger partial charge on any atom is -0.478 e. The number of carbonyl (C=O) groups is 3. The van der Waals surface area contributed by atoms with Crippen LogP contribution in [0.5, 0.6) is 0 Å². The second kappa shape index (κ2) is 8.50. The van der Waals surface area contributed by atoms with Crippen LogP contribution in [0.4, 0.5) is 11.4 Å². The van der Waals surface area contributed by atoms with E-state index >= 15 is 0 Å². The molecule has 3 aromatic rings. The van der Waals surface area contributed by atoms with Crippen LogP contribution in [0.2, 0.25) is 0 Å². The second-order valence-corrected chi connectivity index (χ2v) is 5.72. The minimum atomic E-state index is -1.05. The lowest BCUT2D eigenvalue weighted by Gasteiger charge is -2.10. The second-order valence-electron chi connectivity index (χ2n) is 5.72. The van der Waals surface area contributed by atoms with Gasteiger partial charge in [0.15, 0.2) is 0 Å². The molecule has 7 heteroatoms. The van der Waals surface area contributed by atoms with Crippen molar-refractivity contribution in [2.75, 3.05) is 10.6 Å². The van der Waals surface area contributed by atoms with Gasteiger partial charge in [-0.25, -0.2) is 4.79 Å². The number of benzene rings is 2. The molecule has 0 aliphatic rings. The van der Waals surface area contributed by atoms with Crippen LogP contribution in [0.3, 0.4) is 0 Å². The first kappa shape index (κ1) is 18.7. The van der Waals surface area contributed by atoms with Crippen LogP contribution in [-0.4, -0.2) is 22.9 Å². The number of hydrogen-bond acceptors (Lipinski definition) is 4. The number of anilines is 2. The van der Waals surface area contributed by atoms with Crippen molar-refractivity contribution in [2.24, 2.45) is 0 Å². The molecular weight excluding hydrogens is 360 g/mol. The number of furan rings is 1. The number of nitrogens with one attached hydrogen (secondary N) is 2. The van der Waals surface area contributed by atoms with E-state index in [1.54, 1.807) is 36.4 Å². The van der Waals surface area contributed by atoms with Crippen LogP contribution in [0, 0.1) is 0 Å². The smallest absolute Gasteiger partial charge is 0.335 e. The third-order valence-electron chi connectivity index (χ3n) is 3.76. The zero-order valence-corrected chi connectivity index (χ0v) is 14.6. The summed E-state index contributed by atoms with van der Waals surface area (Å²) >= 11 is 0. The van der Waals surface area contributed by atoms with Gasteiger partial charge in [0.25, 0.3) is 5.91 Å². The molecule has 1 heterocycles. The van der Waals surface area contributed by atoms with Gasteiger partial charge in [-0.2, -0.15) is 0 Å². The molecule has 0 spiro atoms. The molecule has 0 saturated heterocycles. The molecule has 3 rings (SSSR count). The van der Waals surface area contributed by atoms with E-state index in [2.05, 4.69) is 10.6 Å². The Morgan fingerprint density at radius 1 is 0.893 bits per heavy atom. The Morgan fingerprint density at radius 2 is 1.64 bits per heavy atom. The number of carbonyl (C=O) groups excluding carboxylic acids is 2. The predicted molar refractivity (Wildman–Crippen MR) is 104 cm³/mol. The number of hydrogen-bond donors (Lipinski definition) is 3. The summed E-state index contributed by atoms with van der Waals surface area (Å²) in [6.07, 6.45) is 4.32. The number of para-hydroxylation sites is 1. The summed E-state index contributed by atoms with van der Waals surface area (Å²) in [5.41, 5.74) is 1.17. The van der Waals surface area contributed by atoms with Crippen LogP contribution in [0.1, 0.15) is 26.5 Å². The average Bonchev–Trinajstić information content (AvgIpc) is 3.21. The molecule has 0 atom stereocenters. The Labute approximate surface area is 160 Å². The van der Waals surface area contributed by atoms with Gasteiger partial charge in [-0.05, 0) is 54.6 Å². The molecule has 0 saturated carbocycles. The highest BCUT2D eigenvalue weighted by atomic mass is 16.4. The van der Waals surface area contributed by atoms with Gasteiger partial charge in [-0.15, -0.1) is 0 Å². The standard InChI is InChI=1S/C21H16N2O5/c24-19(12-11-16-4-3-13-28-16)23-18-6-2-1-5-17(18)20(25)22-15-9-7-14(8-10-15)21(26)27/h1-13H,(H,22,25)(H,23,24)(H,26,27). The molecule has 140 valence electrons. The molecule has 1 aromatic heterocycles. The normalized spacial score (nSPS) is 10.6. The monoisotopic (exact) mass is 376 g/mol. The zero-order valence-electron chi connectivity index (χ0n) is 14.6. The number of carboxylic acid groups (broad SMARTS) is 1. The van der Waals surface area contributed by atoms with Crippen molar-refractivity contribution in [2.45, 2.75) is 0 Å². The van der Waals surface area contributed by atoms with Crippen LogP contribution in [0.15, 0.2) is 77.4 Å². The largest absolute Gasteiger partial charge is 0.478 e. The molecular formula is C21H16N2O5.